The van der Waals surface area contributed by atoms with Gasteiger partial charge in [-0.15, -0.1) is 0 Å². The first-order valence-electron chi connectivity index (χ1n) is 9.95. The van der Waals surface area contributed by atoms with Gasteiger partial charge in [0, 0.05) is 24.7 Å². The Morgan fingerprint density at radius 2 is 1.66 bits per heavy atom. The Balaban J connectivity index is 1.95. The number of hydrogen-bond acceptors (Lipinski definition) is 6. The second-order valence-corrected chi connectivity index (χ2v) is 7.86. The maximum atomic E-state index is 12.6. The molecular weight excluding hydrogens is 414 g/mol. The van der Waals surface area contributed by atoms with Gasteiger partial charge in [0.25, 0.3) is 5.91 Å². The summed E-state index contributed by atoms with van der Waals surface area (Å²) in [4.78, 5) is 47.4. The van der Waals surface area contributed by atoms with E-state index in [0.717, 1.165) is 0 Å². The third kappa shape index (κ3) is 8.47. The molecule has 0 unspecified atom stereocenters. The smallest absolute Gasteiger partial charge is 0.408 e. The molecule has 0 aliphatic heterocycles. The molecule has 0 saturated heterocycles. The zero-order valence-electron chi connectivity index (χ0n) is 18.5. The average Bonchev–Trinajstić information content (AvgIpc) is 2.70. The third-order valence-electron chi connectivity index (χ3n) is 3.89. The van der Waals surface area contributed by atoms with Crippen molar-refractivity contribution in [2.24, 2.45) is 0 Å². The molecule has 2 aromatic carbocycles. The van der Waals surface area contributed by atoms with Crippen molar-refractivity contribution in [1.29, 1.82) is 0 Å². The maximum absolute atomic E-state index is 12.6. The molecule has 9 nitrogen and oxygen atoms in total. The summed E-state index contributed by atoms with van der Waals surface area (Å²) < 4.78 is 10.1. The van der Waals surface area contributed by atoms with Crippen LogP contribution in [0.4, 0.5) is 10.5 Å². The second kappa shape index (κ2) is 10.9. The van der Waals surface area contributed by atoms with Gasteiger partial charge in [0.2, 0.25) is 5.91 Å². The van der Waals surface area contributed by atoms with Gasteiger partial charge in [0.05, 0.1) is 0 Å². The Morgan fingerprint density at radius 3 is 2.34 bits per heavy atom. The number of esters is 1. The minimum atomic E-state index is -0.684. The Kier molecular flexibility index (Phi) is 8.34. The van der Waals surface area contributed by atoms with Gasteiger partial charge in [-0.05, 0) is 50.6 Å². The molecular formula is C23H27N3O6. The maximum Gasteiger partial charge on any atom is 0.408 e. The number of para-hydroxylation sites is 1. The third-order valence-corrected chi connectivity index (χ3v) is 3.89. The lowest BCUT2D eigenvalue weighted by Crippen LogP contribution is -2.39. The van der Waals surface area contributed by atoms with Gasteiger partial charge < -0.3 is 25.4 Å². The minimum absolute atomic E-state index is 0.138. The summed E-state index contributed by atoms with van der Waals surface area (Å²) in [6.07, 6.45) is -0.684. The van der Waals surface area contributed by atoms with E-state index >= 15 is 0 Å². The molecule has 0 radical (unpaired) electrons. The lowest BCUT2D eigenvalue weighted by atomic mass is 10.1. The van der Waals surface area contributed by atoms with Crippen molar-refractivity contribution in [1.82, 2.24) is 10.6 Å². The van der Waals surface area contributed by atoms with Crippen LogP contribution in [-0.4, -0.2) is 36.0 Å². The Labute approximate surface area is 186 Å². The van der Waals surface area contributed by atoms with Crippen molar-refractivity contribution < 1.29 is 28.7 Å². The standard InChI is InChI=1S/C23H27N3O6/c1-15(27)31-18-10-7-9-16(12-18)21(29)26-19-11-6-5-8-17(19)13-24-20(28)14-25-22(30)32-23(2,3)4/h5-12H,13-14H2,1-4H3,(H,24,28)(H,25,30)(H,26,29). The molecule has 0 spiro atoms. The van der Waals surface area contributed by atoms with E-state index < -0.39 is 29.5 Å². The van der Waals surface area contributed by atoms with Crippen molar-refractivity contribution in [3.8, 4) is 5.75 Å². The van der Waals surface area contributed by atoms with E-state index in [-0.39, 0.29) is 18.8 Å². The van der Waals surface area contributed by atoms with Gasteiger partial charge in [-0.2, -0.15) is 0 Å². The number of anilines is 1. The summed E-state index contributed by atoms with van der Waals surface area (Å²) in [7, 11) is 0. The van der Waals surface area contributed by atoms with Gasteiger partial charge in [-0.1, -0.05) is 24.3 Å². The molecule has 0 atom stereocenters. The molecule has 9 heteroatoms. The summed E-state index contributed by atoms with van der Waals surface area (Å²) >= 11 is 0. The average molecular weight is 441 g/mol. The highest BCUT2D eigenvalue weighted by Crippen LogP contribution is 2.18. The number of ether oxygens (including phenoxy) is 2. The Morgan fingerprint density at radius 1 is 0.938 bits per heavy atom. The SMILES string of the molecule is CC(=O)Oc1cccc(C(=O)Nc2ccccc2CNC(=O)CNC(=O)OC(C)(C)C)c1. The molecule has 0 heterocycles. The first kappa shape index (κ1) is 24.4. The molecule has 3 amide bonds. The van der Waals surface area contributed by atoms with Gasteiger partial charge in [0.15, 0.2) is 0 Å². The summed E-state index contributed by atoms with van der Waals surface area (Å²) in [5.74, 6) is -1.02. The number of carbonyl (C=O) groups is 4. The van der Waals surface area contributed by atoms with Crippen LogP contribution in [0.3, 0.4) is 0 Å². The number of benzene rings is 2. The Hall–Kier alpha value is -3.88. The highest BCUT2D eigenvalue weighted by Gasteiger charge is 2.17. The monoisotopic (exact) mass is 441 g/mol. The van der Waals surface area contributed by atoms with Crippen LogP contribution in [0.1, 0.15) is 43.6 Å². The zero-order chi connectivity index (χ0) is 23.7. The summed E-state index contributed by atoms with van der Waals surface area (Å²) in [6, 6.07) is 13.2. The topological polar surface area (TPSA) is 123 Å². The predicted octanol–water partition coefficient (Wildman–Crippen LogP) is 3.01. The molecule has 2 aromatic rings. The normalized spacial score (nSPS) is 10.6. The second-order valence-electron chi connectivity index (χ2n) is 7.86. The first-order valence-corrected chi connectivity index (χ1v) is 9.95. The van der Waals surface area contributed by atoms with E-state index in [4.69, 9.17) is 9.47 Å². The van der Waals surface area contributed by atoms with Crippen LogP contribution in [0.25, 0.3) is 0 Å². The molecule has 0 aliphatic carbocycles. The number of carbonyl (C=O) groups excluding carboxylic acids is 4. The molecule has 2 rings (SSSR count). The van der Waals surface area contributed by atoms with E-state index in [9.17, 15) is 19.2 Å². The van der Waals surface area contributed by atoms with Gasteiger partial charge in [-0.25, -0.2) is 4.79 Å². The van der Waals surface area contributed by atoms with Crippen LogP contribution in [-0.2, 0) is 20.9 Å². The Bertz CT molecular complexity index is 997. The molecule has 0 fully saturated rings. The van der Waals surface area contributed by atoms with Crippen molar-refractivity contribution in [3.63, 3.8) is 0 Å². The summed E-state index contributed by atoms with van der Waals surface area (Å²) in [5.41, 5.74) is 0.831. The molecule has 32 heavy (non-hydrogen) atoms. The van der Waals surface area contributed by atoms with E-state index in [0.29, 0.717) is 16.8 Å². The number of alkyl carbamates (subject to hydrolysis) is 1. The lowest BCUT2D eigenvalue weighted by Gasteiger charge is -2.19. The van der Waals surface area contributed by atoms with Crippen molar-refractivity contribution in [2.45, 2.75) is 39.8 Å². The fraction of sp³-hybridized carbons (Fsp3) is 0.304. The van der Waals surface area contributed by atoms with Crippen LogP contribution in [0.15, 0.2) is 48.5 Å². The molecule has 0 saturated carbocycles. The van der Waals surface area contributed by atoms with Crippen molar-refractivity contribution in [3.05, 3.63) is 59.7 Å². The van der Waals surface area contributed by atoms with Crippen LogP contribution in [0.5, 0.6) is 5.75 Å². The van der Waals surface area contributed by atoms with Crippen LogP contribution >= 0.6 is 0 Å². The molecule has 0 aliphatic rings. The first-order chi connectivity index (χ1) is 15.0. The highest BCUT2D eigenvalue weighted by molar-refractivity contribution is 6.05. The fourth-order valence-electron chi connectivity index (χ4n) is 2.58. The largest absolute Gasteiger partial charge is 0.444 e. The highest BCUT2D eigenvalue weighted by atomic mass is 16.6. The van der Waals surface area contributed by atoms with Gasteiger partial charge in [-0.3, -0.25) is 14.4 Å². The van der Waals surface area contributed by atoms with Crippen LogP contribution in [0.2, 0.25) is 0 Å². The minimum Gasteiger partial charge on any atom is -0.444 e. The predicted molar refractivity (Wildman–Crippen MR) is 118 cm³/mol. The van der Waals surface area contributed by atoms with Crippen LogP contribution < -0.4 is 20.7 Å². The number of rotatable bonds is 7. The van der Waals surface area contributed by atoms with E-state index in [1.807, 2.05) is 0 Å². The number of amides is 3. The van der Waals surface area contributed by atoms with E-state index in [1.54, 1.807) is 63.2 Å². The van der Waals surface area contributed by atoms with Crippen molar-refractivity contribution in [2.75, 3.05) is 11.9 Å². The number of hydrogen-bond donors (Lipinski definition) is 3. The van der Waals surface area contributed by atoms with Gasteiger partial charge in [0.1, 0.15) is 17.9 Å². The van der Waals surface area contributed by atoms with Crippen LogP contribution in [0, 0.1) is 0 Å². The fourth-order valence-corrected chi connectivity index (χ4v) is 2.58. The lowest BCUT2D eigenvalue weighted by molar-refractivity contribution is -0.131. The quantitative estimate of drug-likeness (QED) is 0.448. The van der Waals surface area contributed by atoms with Gasteiger partial charge >= 0.3 is 12.1 Å². The number of nitrogens with one attached hydrogen (secondary N) is 3. The molecule has 0 aromatic heterocycles. The van der Waals surface area contributed by atoms with E-state index in [2.05, 4.69) is 16.0 Å². The molecule has 0 bridgehead atoms. The molecule has 170 valence electrons. The van der Waals surface area contributed by atoms with Crippen molar-refractivity contribution >= 4 is 29.6 Å². The van der Waals surface area contributed by atoms with E-state index in [1.165, 1.54) is 13.0 Å². The summed E-state index contributed by atoms with van der Waals surface area (Å²) in [5, 5.41) is 7.85. The zero-order valence-corrected chi connectivity index (χ0v) is 18.5. The molecule has 3 N–H and O–H groups in total. The summed E-state index contributed by atoms with van der Waals surface area (Å²) in [6.45, 7) is 6.35.